The topological polar surface area (TPSA) is 102 Å². The first-order valence-corrected chi connectivity index (χ1v) is 9.84. The van der Waals surface area contributed by atoms with Gasteiger partial charge in [-0.3, -0.25) is 18.4 Å². The van der Waals surface area contributed by atoms with Crippen LogP contribution in [0.5, 0.6) is 0 Å². The molecule has 8 heteroatoms. The summed E-state index contributed by atoms with van der Waals surface area (Å²) in [4.78, 5) is 11.1. The first-order chi connectivity index (χ1) is 12.9. The Bertz CT molecular complexity index is 704. The third kappa shape index (κ3) is 7.34. The Balaban J connectivity index is 2.01. The second kappa shape index (κ2) is 10.5. The number of ketones is 1. The number of Topliss-reactive ketones (excluding diaryl/α,β-unsaturated/α-hetero) is 1. The summed E-state index contributed by atoms with van der Waals surface area (Å²) in [6.45, 7) is 0.489. The highest BCUT2D eigenvalue weighted by Gasteiger charge is 2.31. The molecule has 7 nitrogen and oxygen atoms in total. The van der Waals surface area contributed by atoms with E-state index >= 15 is 0 Å². The van der Waals surface area contributed by atoms with Crippen LogP contribution in [0.4, 0.5) is 0 Å². The Morgan fingerprint density at radius 1 is 0.889 bits per heavy atom. The van der Waals surface area contributed by atoms with E-state index in [1.807, 2.05) is 36.4 Å². The number of phosphoric acid groups is 1. The zero-order valence-corrected chi connectivity index (χ0v) is 15.8. The van der Waals surface area contributed by atoms with E-state index < -0.39 is 32.4 Å². The lowest BCUT2D eigenvalue weighted by molar-refractivity contribution is -0.132. The van der Waals surface area contributed by atoms with Gasteiger partial charge in [-0.15, -0.1) is 0 Å². The molecule has 0 bridgehead atoms. The first-order valence-electron chi connectivity index (χ1n) is 8.38. The average Bonchev–Trinajstić information content (AvgIpc) is 2.70. The first kappa shape index (κ1) is 21.4. The van der Waals surface area contributed by atoms with E-state index in [-0.39, 0.29) is 13.2 Å². The van der Waals surface area contributed by atoms with Gasteiger partial charge >= 0.3 is 7.82 Å². The van der Waals surface area contributed by atoms with E-state index in [9.17, 15) is 19.6 Å². The second-order valence-corrected chi connectivity index (χ2v) is 7.55. The molecule has 0 aromatic heterocycles. The van der Waals surface area contributed by atoms with Gasteiger partial charge in [-0.25, -0.2) is 4.57 Å². The van der Waals surface area contributed by atoms with E-state index in [2.05, 4.69) is 0 Å². The van der Waals surface area contributed by atoms with Gasteiger partial charge in [-0.2, -0.15) is 0 Å². The Hall–Kier alpha value is -1.86. The number of rotatable bonds is 11. The lowest BCUT2D eigenvalue weighted by Gasteiger charge is -2.21. The summed E-state index contributed by atoms with van der Waals surface area (Å²) in [5.41, 5.74) is 1.52. The number of carbonyl (C=O) groups is 1. The van der Waals surface area contributed by atoms with Crippen LogP contribution in [-0.2, 0) is 36.1 Å². The number of carbonyl (C=O) groups excluding carboxylic acids is 1. The van der Waals surface area contributed by atoms with Crippen molar-refractivity contribution in [2.24, 2.45) is 0 Å². The molecule has 2 aromatic rings. The van der Waals surface area contributed by atoms with Crippen LogP contribution < -0.4 is 0 Å². The van der Waals surface area contributed by atoms with Crippen molar-refractivity contribution in [1.29, 1.82) is 0 Å². The quantitative estimate of drug-likeness (QED) is 0.565. The minimum Gasteiger partial charge on any atom is -0.388 e. The molecule has 27 heavy (non-hydrogen) atoms. The maximum atomic E-state index is 12.9. The van der Waals surface area contributed by atoms with Gasteiger partial charge in [-0.1, -0.05) is 60.7 Å². The zero-order chi connectivity index (χ0) is 19.7. The van der Waals surface area contributed by atoms with E-state index in [1.165, 1.54) is 0 Å². The molecule has 2 aromatic carbocycles. The number of hydrogen-bond donors (Lipinski definition) is 2. The van der Waals surface area contributed by atoms with Crippen molar-refractivity contribution in [2.75, 3.05) is 6.61 Å². The van der Waals surface area contributed by atoms with Crippen molar-refractivity contribution in [1.82, 2.24) is 0 Å². The molecule has 0 spiro atoms. The Morgan fingerprint density at radius 3 is 1.74 bits per heavy atom. The van der Waals surface area contributed by atoms with Gasteiger partial charge in [0.25, 0.3) is 0 Å². The predicted molar refractivity (Wildman–Crippen MR) is 98.7 cm³/mol. The normalized spacial score (nSPS) is 13.9. The Kier molecular flexibility index (Phi) is 8.31. The minimum atomic E-state index is -4.06. The lowest BCUT2D eigenvalue weighted by atomic mass is 10.1. The predicted octanol–water partition coefficient (Wildman–Crippen LogP) is 2.86. The van der Waals surface area contributed by atoms with Crippen LogP contribution in [0.2, 0.25) is 0 Å². The molecule has 0 radical (unpaired) electrons. The van der Waals surface area contributed by atoms with Gasteiger partial charge in [0.05, 0.1) is 19.8 Å². The summed E-state index contributed by atoms with van der Waals surface area (Å²) in [7, 11) is -4.06. The van der Waals surface area contributed by atoms with E-state index in [0.29, 0.717) is 0 Å². The smallest absolute Gasteiger partial charge is 0.388 e. The number of aliphatic hydroxyl groups is 2. The maximum absolute atomic E-state index is 12.9. The number of hydrogen-bond acceptors (Lipinski definition) is 7. The maximum Gasteiger partial charge on any atom is 0.475 e. The van der Waals surface area contributed by atoms with Crippen molar-refractivity contribution >= 4 is 13.6 Å². The molecule has 2 atom stereocenters. The zero-order valence-electron chi connectivity index (χ0n) is 14.9. The van der Waals surface area contributed by atoms with Crippen LogP contribution in [0.25, 0.3) is 0 Å². The molecular formula is C19H23O7P. The van der Waals surface area contributed by atoms with Crippen LogP contribution in [0.15, 0.2) is 60.7 Å². The van der Waals surface area contributed by atoms with Gasteiger partial charge in [-0.05, 0) is 18.1 Å². The van der Waals surface area contributed by atoms with Gasteiger partial charge < -0.3 is 10.2 Å². The third-order valence-corrected chi connectivity index (χ3v) is 5.00. The highest BCUT2D eigenvalue weighted by atomic mass is 31.2. The molecule has 0 saturated heterocycles. The molecular weight excluding hydrogens is 371 g/mol. The molecule has 2 N–H and O–H groups in total. The summed E-state index contributed by atoms with van der Waals surface area (Å²) in [6, 6.07) is 18.1. The molecule has 0 aliphatic carbocycles. The van der Waals surface area contributed by atoms with Crippen LogP contribution >= 0.6 is 7.82 Å². The number of aliphatic hydroxyl groups excluding tert-OH is 2. The summed E-state index contributed by atoms with van der Waals surface area (Å²) in [6.07, 6.45) is -3.18. The summed E-state index contributed by atoms with van der Waals surface area (Å²) >= 11 is 0. The van der Waals surface area contributed by atoms with Crippen LogP contribution in [0, 0.1) is 0 Å². The van der Waals surface area contributed by atoms with E-state index in [0.717, 1.165) is 18.1 Å². The molecule has 0 amide bonds. The SMILES string of the molecule is CC(=O)[C@@H](O)[C@H](O)COP(=O)(OCc1ccccc1)OCc1ccccc1. The van der Waals surface area contributed by atoms with Gasteiger partial charge in [0.2, 0.25) is 0 Å². The molecule has 0 unspecified atom stereocenters. The number of benzene rings is 2. The van der Waals surface area contributed by atoms with Crippen LogP contribution in [-0.4, -0.2) is 34.8 Å². The molecule has 0 aliphatic rings. The van der Waals surface area contributed by atoms with Crippen molar-refractivity contribution in [3.8, 4) is 0 Å². The summed E-state index contributed by atoms with van der Waals surface area (Å²) in [5.74, 6) is -0.628. The minimum absolute atomic E-state index is 0.0295. The highest BCUT2D eigenvalue weighted by molar-refractivity contribution is 7.48. The monoisotopic (exact) mass is 394 g/mol. The molecule has 0 saturated carbocycles. The fourth-order valence-electron chi connectivity index (χ4n) is 2.10. The summed E-state index contributed by atoms with van der Waals surface area (Å²) < 4.78 is 28.8. The fourth-order valence-corrected chi connectivity index (χ4v) is 3.27. The third-order valence-electron chi connectivity index (χ3n) is 3.65. The number of phosphoric ester groups is 1. The van der Waals surface area contributed by atoms with Gasteiger partial charge in [0.15, 0.2) is 5.78 Å². The van der Waals surface area contributed by atoms with Crippen molar-refractivity contribution in [3.63, 3.8) is 0 Å². The summed E-state index contributed by atoms with van der Waals surface area (Å²) in [5, 5.41) is 19.4. The second-order valence-electron chi connectivity index (χ2n) is 5.88. The average molecular weight is 394 g/mol. The standard InChI is InChI=1S/C19H23O7P/c1-15(20)19(22)18(21)14-26-27(23,24-12-16-8-4-2-5-9-16)25-13-17-10-6-3-7-11-17/h2-11,18-19,21-22H,12-14H2,1H3/t18-,19-/m1/s1. The Morgan fingerprint density at radius 2 is 1.33 bits per heavy atom. The van der Waals surface area contributed by atoms with Gasteiger partial charge in [0.1, 0.15) is 12.2 Å². The highest BCUT2D eigenvalue weighted by Crippen LogP contribution is 2.51. The lowest BCUT2D eigenvalue weighted by Crippen LogP contribution is -2.35. The largest absolute Gasteiger partial charge is 0.475 e. The molecule has 0 fully saturated rings. The van der Waals surface area contributed by atoms with Crippen LogP contribution in [0.1, 0.15) is 18.1 Å². The van der Waals surface area contributed by atoms with Crippen molar-refractivity contribution < 1.29 is 33.1 Å². The van der Waals surface area contributed by atoms with E-state index in [1.54, 1.807) is 24.3 Å². The Labute approximate surface area is 158 Å². The molecule has 0 aliphatic heterocycles. The van der Waals surface area contributed by atoms with E-state index in [4.69, 9.17) is 13.6 Å². The molecule has 146 valence electrons. The van der Waals surface area contributed by atoms with Crippen LogP contribution in [0.3, 0.4) is 0 Å². The van der Waals surface area contributed by atoms with Gasteiger partial charge in [0, 0.05) is 0 Å². The molecule has 0 heterocycles. The molecule has 2 rings (SSSR count). The van der Waals surface area contributed by atoms with Crippen molar-refractivity contribution in [3.05, 3.63) is 71.8 Å². The fraction of sp³-hybridized carbons (Fsp3) is 0.316. The van der Waals surface area contributed by atoms with Crippen molar-refractivity contribution in [2.45, 2.75) is 32.3 Å².